The van der Waals surface area contributed by atoms with Crippen molar-refractivity contribution < 1.29 is 19.1 Å². The van der Waals surface area contributed by atoms with Crippen molar-refractivity contribution in [2.45, 2.75) is 44.6 Å². The van der Waals surface area contributed by atoms with Crippen LogP contribution in [0.1, 0.15) is 39.3 Å². The summed E-state index contributed by atoms with van der Waals surface area (Å²) in [4.78, 5) is 29.4. The van der Waals surface area contributed by atoms with Crippen molar-refractivity contribution in [1.29, 1.82) is 5.26 Å². The molecule has 7 nitrogen and oxygen atoms in total. The van der Waals surface area contributed by atoms with Gasteiger partial charge in [-0.25, -0.2) is 4.98 Å². The molecule has 0 N–H and O–H groups in total. The Kier molecular flexibility index (Phi) is 5.47. The van der Waals surface area contributed by atoms with Gasteiger partial charge < -0.3 is 14.0 Å². The lowest BCUT2D eigenvalue weighted by molar-refractivity contribution is -0.158. The van der Waals surface area contributed by atoms with E-state index in [1.54, 1.807) is 33.3 Å². The zero-order valence-electron chi connectivity index (χ0n) is 17.1. The van der Waals surface area contributed by atoms with E-state index in [4.69, 9.17) is 9.47 Å². The first-order chi connectivity index (χ1) is 13.7. The monoisotopic (exact) mass is 395 g/mol. The SMILES string of the molecule is COC(=O)[C@]1(c2cn(-c3ccccc3)cn2)C[C@@H]1CC(C#N)C(=O)OC(C)(C)C. The predicted octanol–water partition coefficient (Wildman–Crippen LogP) is 3.17. The number of carbonyl (C=O) groups excluding carboxylic acids is 2. The molecule has 1 saturated carbocycles. The molecular formula is C22H25N3O4. The number of hydrogen-bond donors (Lipinski definition) is 0. The second-order valence-electron chi connectivity index (χ2n) is 8.32. The normalized spacial score (nSPS) is 21.7. The Morgan fingerprint density at radius 3 is 2.62 bits per heavy atom. The minimum Gasteiger partial charge on any atom is -0.468 e. The summed E-state index contributed by atoms with van der Waals surface area (Å²) in [6.45, 7) is 5.27. The fourth-order valence-corrected chi connectivity index (χ4v) is 3.62. The van der Waals surface area contributed by atoms with E-state index in [9.17, 15) is 14.9 Å². The van der Waals surface area contributed by atoms with Gasteiger partial charge in [0.05, 0.1) is 25.2 Å². The third-order valence-electron chi connectivity index (χ3n) is 5.12. The molecule has 7 heteroatoms. The lowest BCUT2D eigenvalue weighted by atomic mass is 9.94. The number of para-hydroxylation sites is 1. The Labute approximate surface area is 170 Å². The average Bonchev–Trinajstić information content (AvgIpc) is 3.18. The van der Waals surface area contributed by atoms with E-state index in [-0.39, 0.29) is 12.3 Å². The van der Waals surface area contributed by atoms with Gasteiger partial charge in [0.15, 0.2) is 0 Å². The van der Waals surface area contributed by atoms with Gasteiger partial charge in [-0.05, 0) is 51.7 Å². The third kappa shape index (κ3) is 4.16. The summed E-state index contributed by atoms with van der Waals surface area (Å²) in [6.07, 6.45) is 4.16. The topological polar surface area (TPSA) is 94.2 Å². The lowest BCUT2D eigenvalue weighted by Crippen LogP contribution is -2.30. The predicted molar refractivity (Wildman–Crippen MR) is 105 cm³/mol. The van der Waals surface area contributed by atoms with Gasteiger partial charge in [-0.3, -0.25) is 9.59 Å². The molecule has 1 fully saturated rings. The van der Waals surface area contributed by atoms with Crippen LogP contribution >= 0.6 is 0 Å². The summed E-state index contributed by atoms with van der Waals surface area (Å²) in [7, 11) is 1.34. The van der Waals surface area contributed by atoms with E-state index in [2.05, 4.69) is 4.98 Å². The summed E-state index contributed by atoms with van der Waals surface area (Å²) in [5, 5.41) is 9.47. The van der Waals surface area contributed by atoms with Crippen LogP contribution in [0.4, 0.5) is 0 Å². The van der Waals surface area contributed by atoms with Gasteiger partial charge in [-0.2, -0.15) is 5.26 Å². The van der Waals surface area contributed by atoms with Crippen molar-refractivity contribution in [2.24, 2.45) is 11.8 Å². The molecule has 0 amide bonds. The molecule has 1 aliphatic rings. The van der Waals surface area contributed by atoms with Crippen LogP contribution in [0.15, 0.2) is 42.9 Å². The van der Waals surface area contributed by atoms with Crippen molar-refractivity contribution in [1.82, 2.24) is 9.55 Å². The van der Waals surface area contributed by atoms with Gasteiger partial charge in [0.2, 0.25) is 0 Å². The Bertz CT molecular complexity index is 939. The zero-order valence-corrected chi connectivity index (χ0v) is 17.1. The minimum atomic E-state index is -0.943. The highest BCUT2D eigenvalue weighted by molar-refractivity contribution is 5.87. The van der Waals surface area contributed by atoms with Crippen LogP contribution in [0.3, 0.4) is 0 Å². The number of methoxy groups -OCH3 is 1. The van der Waals surface area contributed by atoms with Gasteiger partial charge >= 0.3 is 11.9 Å². The fraction of sp³-hybridized carbons (Fsp3) is 0.455. The van der Waals surface area contributed by atoms with E-state index in [1.165, 1.54) is 7.11 Å². The molecule has 1 aromatic heterocycles. The molecule has 3 rings (SSSR count). The summed E-state index contributed by atoms with van der Waals surface area (Å²) < 4.78 is 12.2. The molecule has 1 unspecified atom stereocenters. The van der Waals surface area contributed by atoms with Crippen molar-refractivity contribution in [3.63, 3.8) is 0 Å². The van der Waals surface area contributed by atoms with Gasteiger partial charge in [0.1, 0.15) is 16.9 Å². The van der Waals surface area contributed by atoms with Crippen molar-refractivity contribution in [2.75, 3.05) is 7.11 Å². The molecule has 1 heterocycles. The van der Waals surface area contributed by atoms with Crippen LogP contribution in [0.2, 0.25) is 0 Å². The standard InChI is InChI=1S/C22H25N3O4/c1-21(2,3)29-19(26)15(12-23)10-16-11-22(16,20(27)28-4)18-13-25(14-24-18)17-8-6-5-7-9-17/h5-9,13-16H,10-11H2,1-4H3/t15?,16-,22+/m0/s1. The van der Waals surface area contributed by atoms with Gasteiger partial charge in [-0.15, -0.1) is 0 Å². The molecule has 0 aliphatic heterocycles. The van der Waals surface area contributed by atoms with Crippen molar-refractivity contribution in [3.05, 3.63) is 48.5 Å². The minimum absolute atomic E-state index is 0.216. The number of ether oxygens (including phenoxy) is 2. The number of nitriles is 1. The van der Waals surface area contributed by atoms with Crippen LogP contribution in [0.5, 0.6) is 0 Å². The maximum absolute atomic E-state index is 12.7. The van der Waals surface area contributed by atoms with E-state index < -0.39 is 28.9 Å². The lowest BCUT2D eigenvalue weighted by Gasteiger charge is -2.21. The molecule has 1 aromatic carbocycles. The van der Waals surface area contributed by atoms with Crippen LogP contribution in [-0.4, -0.2) is 34.2 Å². The summed E-state index contributed by atoms with van der Waals surface area (Å²) in [6, 6.07) is 11.7. The van der Waals surface area contributed by atoms with Crippen LogP contribution in [-0.2, 0) is 24.5 Å². The van der Waals surface area contributed by atoms with E-state index >= 15 is 0 Å². The Hall–Kier alpha value is -3.14. The fourth-order valence-electron chi connectivity index (χ4n) is 3.62. The average molecular weight is 395 g/mol. The molecule has 0 spiro atoms. The van der Waals surface area contributed by atoms with Gasteiger partial charge in [-0.1, -0.05) is 18.2 Å². The Morgan fingerprint density at radius 1 is 1.34 bits per heavy atom. The van der Waals surface area contributed by atoms with E-state index in [1.807, 2.05) is 41.0 Å². The number of imidazole rings is 1. The summed E-state index contributed by atoms with van der Waals surface area (Å²) >= 11 is 0. The van der Waals surface area contributed by atoms with Gasteiger partial charge in [0, 0.05) is 11.9 Å². The molecule has 152 valence electrons. The second kappa shape index (κ2) is 7.70. The molecule has 0 saturated heterocycles. The largest absolute Gasteiger partial charge is 0.468 e. The number of rotatable bonds is 6. The Balaban J connectivity index is 1.82. The first-order valence-electron chi connectivity index (χ1n) is 9.52. The Morgan fingerprint density at radius 2 is 2.03 bits per heavy atom. The third-order valence-corrected chi connectivity index (χ3v) is 5.12. The van der Waals surface area contributed by atoms with Crippen LogP contribution in [0.25, 0.3) is 5.69 Å². The number of hydrogen-bond acceptors (Lipinski definition) is 6. The highest BCUT2D eigenvalue weighted by Gasteiger charge is 2.64. The van der Waals surface area contributed by atoms with Crippen LogP contribution < -0.4 is 0 Å². The molecule has 29 heavy (non-hydrogen) atoms. The molecule has 0 bridgehead atoms. The second-order valence-corrected chi connectivity index (χ2v) is 8.32. The first-order valence-corrected chi connectivity index (χ1v) is 9.52. The summed E-state index contributed by atoms with van der Waals surface area (Å²) in [5.41, 5.74) is -0.110. The van der Waals surface area contributed by atoms with E-state index in [0.717, 1.165) is 5.69 Å². The van der Waals surface area contributed by atoms with Crippen molar-refractivity contribution >= 4 is 11.9 Å². The number of carbonyl (C=O) groups is 2. The molecular weight excluding hydrogens is 370 g/mol. The maximum Gasteiger partial charge on any atom is 0.323 e. The highest BCUT2D eigenvalue weighted by atomic mass is 16.6. The molecule has 2 aromatic rings. The summed E-state index contributed by atoms with van der Waals surface area (Å²) in [5.74, 6) is -2.13. The smallest absolute Gasteiger partial charge is 0.323 e. The maximum atomic E-state index is 12.7. The zero-order chi connectivity index (χ0) is 21.2. The molecule has 1 aliphatic carbocycles. The van der Waals surface area contributed by atoms with E-state index in [0.29, 0.717) is 12.1 Å². The number of aromatic nitrogens is 2. The molecule has 0 radical (unpaired) electrons. The number of esters is 2. The molecule has 3 atom stereocenters. The van der Waals surface area contributed by atoms with Gasteiger partial charge in [0.25, 0.3) is 0 Å². The quantitative estimate of drug-likeness (QED) is 0.697. The number of nitrogens with zero attached hydrogens (tertiary/aromatic N) is 3. The van der Waals surface area contributed by atoms with Crippen LogP contribution in [0, 0.1) is 23.2 Å². The highest BCUT2D eigenvalue weighted by Crippen LogP contribution is 2.57. The van der Waals surface area contributed by atoms with Crippen molar-refractivity contribution in [3.8, 4) is 11.8 Å². The first kappa shape index (κ1) is 20.6. The number of benzene rings is 1.